The molecule has 0 fully saturated rings. The zero-order valence-electron chi connectivity index (χ0n) is 7.25. The van der Waals surface area contributed by atoms with Crippen LogP contribution >= 0.6 is 15.9 Å². The molecule has 0 saturated carbocycles. The Balaban J connectivity index is 3.88. The second kappa shape index (κ2) is 6.03. The first-order chi connectivity index (χ1) is 5.57. The minimum absolute atomic E-state index is 0.498. The average molecular weight is 233 g/mol. The van der Waals surface area contributed by atoms with E-state index in [0.29, 0.717) is 5.76 Å². The minimum Gasteiger partial charge on any atom is -0.465 e. The summed E-state index contributed by atoms with van der Waals surface area (Å²) in [6.07, 6.45) is 4.28. The summed E-state index contributed by atoms with van der Waals surface area (Å²) < 4.78 is 5.86. The van der Waals surface area contributed by atoms with Crippen molar-refractivity contribution < 1.29 is 9.84 Å². The maximum Gasteiger partial charge on any atom is 0.133 e. The monoisotopic (exact) mass is 232 g/mol. The van der Waals surface area contributed by atoms with Crippen molar-refractivity contribution in [1.82, 2.24) is 0 Å². The molecule has 0 saturated heterocycles. The van der Waals surface area contributed by atoms with Crippen LogP contribution in [-0.4, -0.2) is 11.2 Å². The fourth-order valence-corrected chi connectivity index (χ4v) is 0.546. The van der Waals surface area contributed by atoms with Crippen LogP contribution in [-0.2, 0) is 4.74 Å². The molecule has 0 radical (unpaired) electrons. The number of halogens is 1. The highest BCUT2D eigenvalue weighted by Gasteiger charge is 1.95. The Hall–Kier alpha value is -0.540. The predicted molar refractivity (Wildman–Crippen MR) is 53.7 cm³/mol. The summed E-state index contributed by atoms with van der Waals surface area (Å²) in [6.45, 7) is 7.17. The number of allylic oxidation sites excluding steroid dienone is 2. The molecule has 0 bridgehead atoms. The van der Waals surface area contributed by atoms with Gasteiger partial charge in [-0.05, 0) is 35.9 Å². The summed E-state index contributed by atoms with van der Waals surface area (Å²) in [5.74, 6) is 0.523. The van der Waals surface area contributed by atoms with Crippen molar-refractivity contribution in [2.24, 2.45) is 0 Å². The van der Waals surface area contributed by atoms with E-state index in [1.54, 1.807) is 6.92 Å². The molecule has 0 aliphatic rings. The van der Waals surface area contributed by atoms with Gasteiger partial charge in [-0.15, -0.1) is 0 Å². The normalized spacial score (nSPS) is 14.8. The lowest BCUT2D eigenvalue weighted by Crippen LogP contribution is -1.92. The van der Waals surface area contributed by atoms with Crippen LogP contribution < -0.4 is 0 Å². The number of hydrogen-bond donors (Lipinski definition) is 1. The zero-order valence-corrected chi connectivity index (χ0v) is 8.84. The average Bonchev–Trinajstić information content (AvgIpc) is 2.02. The molecule has 0 aromatic rings. The number of aliphatic hydroxyl groups excluding tert-OH is 1. The summed E-state index contributed by atoms with van der Waals surface area (Å²) in [7, 11) is 0. The van der Waals surface area contributed by atoms with E-state index in [1.165, 1.54) is 12.3 Å². The molecule has 0 aromatic heterocycles. The van der Waals surface area contributed by atoms with E-state index in [2.05, 4.69) is 22.5 Å². The van der Waals surface area contributed by atoms with Gasteiger partial charge in [0.1, 0.15) is 5.76 Å². The van der Waals surface area contributed by atoms with Gasteiger partial charge >= 0.3 is 0 Å². The molecule has 0 aliphatic carbocycles. The molecule has 0 aliphatic heterocycles. The number of rotatable bonds is 4. The first kappa shape index (κ1) is 11.5. The lowest BCUT2D eigenvalue weighted by atomic mass is 10.4. The van der Waals surface area contributed by atoms with Crippen molar-refractivity contribution in [2.45, 2.75) is 20.0 Å². The summed E-state index contributed by atoms with van der Waals surface area (Å²) >= 11 is 3.25. The van der Waals surface area contributed by atoms with Crippen LogP contribution in [0.15, 0.2) is 35.2 Å². The van der Waals surface area contributed by atoms with Crippen molar-refractivity contribution in [3.05, 3.63) is 35.2 Å². The van der Waals surface area contributed by atoms with Gasteiger partial charge in [0.25, 0.3) is 0 Å². The van der Waals surface area contributed by atoms with E-state index in [4.69, 9.17) is 9.84 Å². The second-order valence-electron chi connectivity index (χ2n) is 2.25. The first-order valence-electron chi connectivity index (χ1n) is 3.60. The summed E-state index contributed by atoms with van der Waals surface area (Å²) in [6, 6.07) is 0. The van der Waals surface area contributed by atoms with Crippen molar-refractivity contribution in [2.75, 3.05) is 0 Å². The zero-order chi connectivity index (χ0) is 9.56. The molecule has 12 heavy (non-hydrogen) atoms. The van der Waals surface area contributed by atoms with E-state index in [9.17, 15) is 0 Å². The molecule has 0 heterocycles. The molecule has 0 aromatic carbocycles. The molecule has 68 valence electrons. The summed E-state index contributed by atoms with van der Waals surface area (Å²) in [5.41, 5.74) is 0. The Morgan fingerprint density at radius 3 is 2.67 bits per heavy atom. The third-order valence-corrected chi connectivity index (χ3v) is 1.99. The van der Waals surface area contributed by atoms with E-state index in [0.717, 1.165) is 4.48 Å². The van der Waals surface area contributed by atoms with Gasteiger partial charge in [-0.25, -0.2) is 0 Å². The smallest absolute Gasteiger partial charge is 0.133 e. The third-order valence-electron chi connectivity index (χ3n) is 1.09. The summed E-state index contributed by atoms with van der Waals surface area (Å²) in [5, 5.41) is 8.84. The van der Waals surface area contributed by atoms with Crippen molar-refractivity contribution >= 4 is 15.9 Å². The Bertz CT molecular complexity index is 205. The van der Waals surface area contributed by atoms with Crippen LogP contribution in [0, 0.1) is 0 Å². The van der Waals surface area contributed by atoms with Gasteiger partial charge < -0.3 is 9.84 Å². The van der Waals surface area contributed by atoms with Gasteiger partial charge in [-0.1, -0.05) is 12.7 Å². The lowest BCUT2D eigenvalue weighted by molar-refractivity contribution is 0.238. The van der Waals surface area contributed by atoms with Crippen LogP contribution in [0.4, 0.5) is 0 Å². The van der Waals surface area contributed by atoms with Crippen molar-refractivity contribution in [1.29, 1.82) is 0 Å². The van der Waals surface area contributed by atoms with Gasteiger partial charge in [0, 0.05) is 0 Å². The highest BCUT2D eigenvalue weighted by molar-refractivity contribution is 9.11. The number of ether oxygens (including phenoxy) is 1. The Labute approximate surface area is 81.4 Å². The van der Waals surface area contributed by atoms with Crippen LogP contribution in [0.25, 0.3) is 0 Å². The quantitative estimate of drug-likeness (QED) is 0.597. The molecule has 1 N–H and O–H groups in total. The van der Waals surface area contributed by atoms with Gasteiger partial charge in [0.05, 0.1) is 16.8 Å². The Morgan fingerprint density at radius 2 is 2.25 bits per heavy atom. The molecule has 0 amide bonds. The second-order valence-corrected chi connectivity index (χ2v) is 3.10. The molecule has 0 rings (SSSR count). The van der Waals surface area contributed by atoms with Gasteiger partial charge in [-0.3, -0.25) is 0 Å². The largest absolute Gasteiger partial charge is 0.465 e. The van der Waals surface area contributed by atoms with E-state index in [1.807, 2.05) is 13.0 Å². The van der Waals surface area contributed by atoms with Gasteiger partial charge in [-0.2, -0.15) is 0 Å². The van der Waals surface area contributed by atoms with Gasteiger partial charge in [0.15, 0.2) is 0 Å². The standard InChI is InChI=1S/C9H13BrO2/c1-4-9(10)8(3)12-6-5-7(2)11/h4-7,11H,3H2,1-2H3/b6-5-,9-4+. The molecule has 2 nitrogen and oxygen atoms in total. The topological polar surface area (TPSA) is 29.5 Å². The Morgan fingerprint density at radius 1 is 1.67 bits per heavy atom. The Kier molecular flexibility index (Phi) is 5.76. The first-order valence-corrected chi connectivity index (χ1v) is 4.39. The maximum atomic E-state index is 8.84. The highest BCUT2D eigenvalue weighted by Crippen LogP contribution is 2.15. The van der Waals surface area contributed by atoms with Crippen molar-refractivity contribution in [3.63, 3.8) is 0 Å². The molecular weight excluding hydrogens is 220 g/mol. The molecule has 1 unspecified atom stereocenters. The fraction of sp³-hybridized carbons (Fsp3) is 0.333. The van der Waals surface area contributed by atoms with Crippen LogP contribution in [0.2, 0.25) is 0 Å². The van der Waals surface area contributed by atoms with Crippen LogP contribution in [0.3, 0.4) is 0 Å². The molecule has 1 atom stereocenters. The van der Waals surface area contributed by atoms with Crippen LogP contribution in [0.1, 0.15) is 13.8 Å². The molecular formula is C9H13BrO2. The van der Waals surface area contributed by atoms with E-state index in [-0.39, 0.29) is 0 Å². The third kappa shape index (κ3) is 5.16. The van der Waals surface area contributed by atoms with E-state index >= 15 is 0 Å². The highest BCUT2D eigenvalue weighted by atomic mass is 79.9. The maximum absolute atomic E-state index is 8.84. The minimum atomic E-state index is -0.498. The van der Waals surface area contributed by atoms with E-state index < -0.39 is 6.10 Å². The summed E-state index contributed by atoms with van der Waals surface area (Å²) in [4.78, 5) is 0. The number of hydrogen-bond acceptors (Lipinski definition) is 2. The molecule has 3 heteroatoms. The lowest BCUT2D eigenvalue weighted by Gasteiger charge is -2.02. The number of aliphatic hydroxyl groups is 1. The van der Waals surface area contributed by atoms with Crippen LogP contribution in [0.5, 0.6) is 0 Å². The fourth-order valence-electron chi connectivity index (χ4n) is 0.452. The molecule has 0 spiro atoms. The van der Waals surface area contributed by atoms with Gasteiger partial charge in [0.2, 0.25) is 0 Å². The predicted octanol–water partition coefficient (Wildman–Crippen LogP) is 2.71. The van der Waals surface area contributed by atoms with Crippen molar-refractivity contribution in [3.8, 4) is 0 Å². The SMILES string of the molecule is C=C(O/C=C\C(C)O)/C(Br)=C\C.